The van der Waals surface area contributed by atoms with Crippen LogP contribution >= 0.6 is 11.6 Å². The average molecular weight is 202 g/mol. The van der Waals surface area contributed by atoms with Crippen LogP contribution in [0, 0.1) is 5.92 Å². The van der Waals surface area contributed by atoms with Crippen molar-refractivity contribution in [3.63, 3.8) is 0 Å². The van der Waals surface area contributed by atoms with Crippen LogP contribution in [0.25, 0.3) is 0 Å². The van der Waals surface area contributed by atoms with Crippen LogP contribution in [0.5, 0.6) is 0 Å². The maximum absolute atomic E-state index is 5.55. The van der Waals surface area contributed by atoms with E-state index in [-0.39, 0.29) is 0 Å². The summed E-state index contributed by atoms with van der Waals surface area (Å²) < 4.78 is 0. The van der Waals surface area contributed by atoms with Crippen LogP contribution in [0.1, 0.15) is 25.7 Å². The minimum absolute atomic E-state index is 0.636. The van der Waals surface area contributed by atoms with Crippen LogP contribution in [-0.4, -0.2) is 30.9 Å². The van der Waals surface area contributed by atoms with Gasteiger partial charge in [-0.15, -0.1) is 11.6 Å². The number of halogens is 1. The number of rotatable bonds is 5. The molecular formula is C11H20ClN. The quantitative estimate of drug-likeness (QED) is 0.489. The van der Waals surface area contributed by atoms with E-state index in [0.29, 0.717) is 5.88 Å². The zero-order valence-electron chi connectivity index (χ0n) is 8.51. The SMILES string of the molecule is CN(CC=CCCl)CC1CCCC1. The second-order valence-corrected chi connectivity index (χ2v) is 4.31. The second-order valence-electron chi connectivity index (χ2n) is 4.00. The molecule has 2 heteroatoms. The Hall–Kier alpha value is -0.0100. The molecule has 0 aromatic carbocycles. The first-order valence-electron chi connectivity index (χ1n) is 5.22. The van der Waals surface area contributed by atoms with Crippen LogP contribution in [0.3, 0.4) is 0 Å². The molecule has 0 aliphatic heterocycles. The highest BCUT2D eigenvalue weighted by Gasteiger charge is 2.15. The molecule has 0 N–H and O–H groups in total. The Bertz CT molecular complexity index is 150. The molecular weight excluding hydrogens is 182 g/mol. The summed E-state index contributed by atoms with van der Waals surface area (Å²) in [7, 11) is 2.19. The van der Waals surface area contributed by atoms with E-state index in [2.05, 4.69) is 18.0 Å². The first-order chi connectivity index (χ1) is 6.33. The van der Waals surface area contributed by atoms with Crippen LogP contribution in [0.15, 0.2) is 12.2 Å². The number of hydrogen-bond donors (Lipinski definition) is 0. The van der Waals surface area contributed by atoms with Crippen LogP contribution in [0.4, 0.5) is 0 Å². The smallest absolute Gasteiger partial charge is 0.0404 e. The Balaban J connectivity index is 2.09. The van der Waals surface area contributed by atoms with Gasteiger partial charge in [0.25, 0.3) is 0 Å². The Labute approximate surface area is 86.8 Å². The Morgan fingerprint density at radius 2 is 2.00 bits per heavy atom. The van der Waals surface area contributed by atoms with E-state index in [1.807, 2.05) is 6.08 Å². The van der Waals surface area contributed by atoms with E-state index in [1.54, 1.807) is 0 Å². The van der Waals surface area contributed by atoms with Gasteiger partial charge in [-0.1, -0.05) is 25.0 Å². The number of alkyl halides is 1. The maximum atomic E-state index is 5.55. The molecule has 1 fully saturated rings. The highest BCUT2D eigenvalue weighted by molar-refractivity contribution is 6.18. The van der Waals surface area contributed by atoms with Crippen molar-refractivity contribution < 1.29 is 0 Å². The summed E-state index contributed by atoms with van der Waals surface area (Å²) in [4.78, 5) is 2.39. The van der Waals surface area contributed by atoms with Crippen molar-refractivity contribution >= 4 is 11.6 Å². The molecule has 1 aliphatic carbocycles. The fourth-order valence-electron chi connectivity index (χ4n) is 2.03. The molecule has 0 amide bonds. The van der Waals surface area contributed by atoms with Gasteiger partial charge in [0.2, 0.25) is 0 Å². The summed E-state index contributed by atoms with van der Waals surface area (Å²) in [6.07, 6.45) is 9.92. The minimum atomic E-state index is 0.636. The van der Waals surface area contributed by atoms with Gasteiger partial charge in [0, 0.05) is 19.0 Å². The summed E-state index contributed by atoms with van der Waals surface area (Å²) in [5.74, 6) is 1.59. The van der Waals surface area contributed by atoms with Crippen molar-refractivity contribution in [3.8, 4) is 0 Å². The largest absolute Gasteiger partial charge is 0.302 e. The molecule has 0 spiro atoms. The van der Waals surface area contributed by atoms with Gasteiger partial charge in [0.1, 0.15) is 0 Å². The van der Waals surface area contributed by atoms with E-state index in [9.17, 15) is 0 Å². The zero-order chi connectivity index (χ0) is 9.52. The lowest BCUT2D eigenvalue weighted by Gasteiger charge is -2.18. The third-order valence-electron chi connectivity index (χ3n) is 2.72. The average Bonchev–Trinajstić information content (AvgIpc) is 2.57. The highest BCUT2D eigenvalue weighted by Crippen LogP contribution is 2.24. The van der Waals surface area contributed by atoms with Crippen molar-refractivity contribution in [2.45, 2.75) is 25.7 Å². The summed E-state index contributed by atoms with van der Waals surface area (Å²) in [5, 5.41) is 0. The predicted molar refractivity (Wildman–Crippen MR) is 59.3 cm³/mol. The summed E-state index contributed by atoms with van der Waals surface area (Å²) in [5.41, 5.74) is 0. The molecule has 0 saturated heterocycles. The molecule has 0 aromatic heterocycles. The maximum Gasteiger partial charge on any atom is 0.0404 e. The summed E-state index contributed by atoms with van der Waals surface area (Å²) in [6.45, 7) is 2.30. The van der Waals surface area contributed by atoms with Gasteiger partial charge in [-0.2, -0.15) is 0 Å². The highest BCUT2D eigenvalue weighted by atomic mass is 35.5. The van der Waals surface area contributed by atoms with Crippen molar-refractivity contribution in [3.05, 3.63) is 12.2 Å². The Kier molecular flexibility index (Phi) is 5.49. The lowest BCUT2D eigenvalue weighted by molar-refractivity contribution is 0.303. The predicted octanol–water partition coefficient (Wildman–Crippen LogP) is 2.90. The lowest BCUT2D eigenvalue weighted by Crippen LogP contribution is -2.24. The molecule has 1 saturated carbocycles. The van der Waals surface area contributed by atoms with Crippen LogP contribution in [-0.2, 0) is 0 Å². The van der Waals surface area contributed by atoms with Crippen molar-refractivity contribution in [2.75, 3.05) is 26.0 Å². The molecule has 76 valence electrons. The lowest BCUT2D eigenvalue weighted by atomic mass is 10.1. The van der Waals surface area contributed by atoms with Crippen molar-refractivity contribution in [1.29, 1.82) is 0 Å². The van der Waals surface area contributed by atoms with E-state index < -0.39 is 0 Å². The third kappa shape index (κ3) is 4.68. The second kappa shape index (κ2) is 6.44. The standard InChI is InChI=1S/C11H20ClN/c1-13(9-5-4-8-12)10-11-6-2-3-7-11/h4-5,11H,2-3,6-10H2,1H3. The van der Waals surface area contributed by atoms with Crippen molar-refractivity contribution in [2.24, 2.45) is 5.92 Å². The zero-order valence-corrected chi connectivity index (χ0v) is 9.26. The molecule has 0 aromatic rings. The number of allylic oxidation sites excluding steroid dienone is 1. The van der Waals surface area contributed by atoms with Gasteiger partial charge in [0.15, 0.2) is 0 Å². The first-order valence-corrected chi connectivity index (χ1v) is 5.76. The molecule has 13 heavy (non-hydrogen) atoms. The third-order valence-corrected chi connectivity index (χ3v) is 2.90. The number of hydrogen-bond acceptors (Lipinski definition) is 1. The molecule has 1 rings (SSSR count). The van der Waals surface area contributed by atoms with Gasteiger partial charge >= 0.3 is 0 Å². The molecule has 0 atom stereocenters. The fourth-order valence-corrected chi connectivity index (χ4v) is 2.15. The monoisotopic (exact) mass is 201 g/mol. The van der Waals surface area contributed by atoms with E-state index in [4.69, 9.17) is 11.6 Å². The van der Waals surface area contributed by atoms with Gasteiger partial charge in [-0.3, -0.25) is 0 Å². The molecule has 0 unspecified atom stereocenters. The minimum Gasteiger partial charge on any atom is -0.302 e. The van der Waals surface area contributed by atoms with Gasteiger partial charge in [-0.25, -0.2) is 0 Å². The van der Waals surface area contributed by atoms with E-state index in [1.165, 1.54) is 32.2 Å². The molecule has 1 aliphatic rings. The summed E-state index contributed by atoms with van der Waals surface area (Å²) in [6, 6.07) is 0. The number of nitrogens with zero attached hydrogens (tertiary/aromatic N) is 1. The van der Waals surface area contributed by atoms with Crippen LogP contribution in [0.2, 0.25) is 0 Å². The topological polar surface area (TPSA) is 3.24 Å². The van der Waals surface area contributed by atoms with E-state index >= 15 is 0 Å². The first kappa shape index (κ1) is 11.1. The van der Waals surface area contributed by atoms with Gasteiger partial charge in [-0.05, 0) is 25.8 Å². The molecule has 0 radical (unpaired) electrons. The molecule has 0 heterocycles. The Morgan fingerprint density at radius 1 is 1.31 bits per heavy atom. The van der Waals surface area contributed by atoms with Gasteiger partial charge < -0.3 is 4.90 Å². The summed E-state index contributed by atoms with van der Waals surface area (Å²) >= 11 is 5.55. The fraction of sp³-hybridized carbons (Fsp3) is 0.818. The molecule has 1 nitrogen and oxygen atoms in total. The number of likely N-dealkylation sites (N-methyl/N-ethyl adjacent to an activating group) is 1. The normalized spacial score (nSPS) is 19.3. The Morgan fingerprint density at radius 3 is 2.62 bits per heavy atom. The molecule has 0 bridgehead atoms. The van der Waals surface area contributed by atoms with Crippen molar-refractivity contribution in [1.82, 2.24) is 4.90 Å². The van der Waals surface area contributed by atoms with E-state index in [0.717, 1.165) is 12.5 Å². The van der Waals surface area contributed by atoms with Crippen LogP contribution < -0.4 is 0 Å². The van der Waals surface area contributed by atoms with Gasteiger partial charge in [0.05, 0.1) is 0 Å².